The highest BCUT2D eigenvalue weighted by atomic mass is 16.5. The fourth-order valence-electron chi connectivity index (χ4n) is 3.42. The number of fused-ring (bicyclic) bond motifs is 1. The number of methoxy groups -OCH3 is 1. The van der Waals surface area contributed by atoms with E-state index in [1.807, 2.05) is 30.3 Å². The monoisotopic (exact) mass is 352 g/mol. The molecule has 1 aliphatic carbocycles. The van der Waals surface area contributed by atoms with Gasteiger partial charge in [0.2, 0.25) is 5.88 Å². The van der Waals surface area contributed by atoms with E-state index in [4.69, 9.17) is 4.74 Å². The maximum Gasteiger partial charge on any atom is 0.272 e. The van der Waals surface area contributed by atoms with Crippen LogP contribution < -0.4 is 10.1 Å². The number of rotatable bonds is 5. The van der Waals surface area contributed by atoms with Crippen molar-refractivity contribution in [2.24, 2.45) is 5.92 Å². The zero-order chi connectivity index (χ0) is 18.1. The molecule has 134 valence electrons. The number of carbonyl (C=O) groups is 1. The van der Waals surface area contributed by atoms with Crippen molar-refractivity contribution >= 4 is 16.8 Å². The SMILES string of the molecule is COc1ccc(C(NC(=O)c2n[nH]c3ccccc23)C2CC(O)C2)cn1. The summed E-state index contributed by atoms with van der Waals surface area (Å²) in [4.78, 5) is 17.1. The molecule has 7 heteroatoms. The standard InChI is InChI=1S/C19H20N4O3/c1-26-16-7-6-11(10-20-16)17(12-8-13(24)9-12)21-19(25)18-14-4-2-3-5-15(14)22-23-18/h2-7,10,12-13,17,24H,8-9H2,1H3,(H,21,25)(H,22,23). The second kappa shape index (κ2) is 6.76. The van der Waals surface area contributed by atoms with Gasteiger partial charge in [-0.05, 0) is 30.4 Å². The van der Waals surface area contributed by atoms with Crippen LogP contribution in [0.4, 0.5) is 0 Å². The minimum Gasteiger partial charge on any atom is -0.481 e. The first-order valence-corrected chi connectivity index (χ1v) is 8.57. The third-order valence-corrected chi connectivity index (χ3v) is 4.92. The third-order valence-electron chi connectivity index (χ3n) is 4.92. The van der Waals surface area contributed by atoms with Crippen LogP contribution in [-0.4, -0.2) is 39.4 Å². The molecule has 1 unspecified atom stereocenters. The molecule has 2 heterocycles. The molecule has 2 aromatic heterocycles. The van der Waals surface area contributed by atoms with Gasteiger partial charge in [-0.1, -0.05) is 24.3 Å². The zero-order valence-corrected chi connectivity index (χ0v) is 14.3. The van der Waals surface area contributed by atoms with Gasteiger partial charge in [0.1, 0.15) is 0 Å². The summed E-state index contributed by atoms with van der Waals surface area (Å²) in [6.07, 6.45) is 2.70. The highest BCUT2D eigenvalue weighted by Gasteiger charge is 2.36. The van der Waals surface area contributed by atoms with Gasteiger partial charge in [-0.3, -0.25) is 9.89 Å². The van der Waals surface area contributed by atoms with Gasteiger partial charge in [0.15, 0.2) is 5.69 Å². The first-order valence-electron chi connectivity index (χ1n) is 8.57. The lowest BCUT2D eigenvalue weighted by Crippen LogP contribution is -2.41. The van der Waals surface area contributed by atoms with Crippen molar-refractivity contribution in [3.05, 3.63) is 53.9 Å². The van der Waals surface area contributed by atoms with Crippen molar-refractivity contribution < 1.29 is 14.6 Å². The van der Waals surface area contributed by atoms with Crippen molar-refractivity contribution in [3.8, 4) is 5.88 Å². The van der Waals surface area contributed by atoms with E-state index in [9.17, 15) is 9.90 Å². The average Bonchev–Trinajstić information content (AvgIpc) is 3.08. The van der Waals surface area contributed by atoms with Crippen molar-refractivity contribution in [1.29, 1.82) is 0 Å². The number of nitrogens with zero attached hydrogens (tertiary/aromatic N) is 2. The zero-order valence-electron chi connectivity index (χ0n) is 14.3. The maximum atomic E-state index is 12.9. The molecule has 1 aromatic carbocycles. The van der Waals surface area contributed by atoms with E-state index in [0.717, 1.165) is 16.5 Å². The van der Waals surface area contributed by atoms with Gasteiger partial charge in [-0.15, -0.1) is 0 Å². The van der Waals surface area contributed by atoms with Crippen LogP contribution in [0.15, 0.2) is 42.6 Å². The molecule has 1 aliphatic rings. The lowest BCUT2D eigenvalue weighted by molar-refractivity contribution is 0.0234. The minimum absolute atomic E-state index is 0.161. The van der Waals surface area contributed by atoms with Crippen molar-refractivity contribution in [2.75, 3.05) is 7.11 Å². The van der Waals surface area contributed by atoms with E-state index in [2.05, 4.69) is 20.5 Å². The topological polar surface area (TPSA) is 100 Å². The fraction of sp³-hybridized carbons (Fsp3) is 0.316. The normalized spacial score (nSPS) is 20.4. The van der Waals surface area contributed by atoms with Crippen molar-refractivity contribution in [1.82, 2.24) is 20.5 Å². The van der Waals surface area contributed by atoms with E-state index in [1.54, 1.807) is 19.4 Å². The number of hydrogen-bond acceptors (Lipinski definition) is 5. The van der Waals surface area contributed by atoms with Crippen LogP contribution in [0.25, 0.3) is 10.9 Å². The summed E-state index contributed by atoms with van der Waals surface area (Å²) in [5.74, 6) is 0.435. The number of amides is 1. The van der Waals surface area contributed by atoms with Crippen LogP contribution in [0, 0.1) is 5.92 Å². The molecular formula is C19H20N4O3. The summed E-state index contributed by atoms with van der Waals surface area (Å²) in [6, 6.07) is 10.9. The van der Waals surface area contributed by atoms with Crippen LogP contribution >= 0.6 is 0 Å². The Hall–Kier alpha value is -2.93. The highest BCUT2D eigenvalue weighted by molar-refractivity contribution is 6.04. The minimum atomic E-state index is -0.308. The molecule has 1 amide bonds. The summed E-state index contributed by atoms with van der Waals surface area (Å²) in [5.41, 5.74) is 2.07. The van der Waals surface area contributed by atoms with Crippen molar-refractivity contribution in [2.45, 2.75) is 25.0 Å². The van der Waals surface area contributed by atoms with E-state index >= 15 is 0 Å². The molecular weight excluding hydrogens is 332 g/mol. The lowest BCUT2D eigenvalue weighted by atomic mass is 9.75. The number of hydrogen-bond donors (Lipinski definition) is 3. The van der Waals surface area contributed by atoms with E-state index in [-0.39, 0.29) is 24.0 Å². The number of aromatic nitrogens is 3. The van der Waals surface area contributed by atoms with Gasteiger partial charge >= 0.3 is 0 Å². The van der Waals surface area contributed by atoms with Crippen LogP contribution in [-0.2, 0) is 0 Å². The predicted octanol–water partition coefficient (Wildman–Crippen LogP) is 2.21. The summed E-state index contributed by atoms with van der Waals surface area (Å²) < 4.78 is 5.10. The van der Waals surface area contributed by atoms with Crippen molar-refractivity contribution in [3.63, 3.8) is 0 Å². The first kappa shape index (κ1) is 16.5. The van der Waals surface area contributed by atoms with Gasteiger partial charge in [0.25, 0.3) is 5.91 Å². The molecule has 4 rings (SSSR count). The summed E-state index contributed by atoms with van der Waals surface area (Å²) in [7, 11) is 1.56. The first-order chi connectivity index (χ1) is 12.7. The van der Waals surface area contributed by atoms with Gasteiger partial charge < -0.3 is 15.2 Å². The quantitative estimate of drug-likeness (QED) is 0.654. The molecule has 3 N–H and O–H groups in total. The Morgan fingerprint density at radius 1 is 1.31 bits per heavy atom. The molecule has 26 heavy (non-hydrogen) atoms. The number of aliphatic hydroxyl groups excluding tert-OH is 1. The van der Waals surface area contributed by atoms with Crippen LogP contribution in [0.1, 0.15) is 34.9 Å². The number of H-pyrrole nitrogens is 1. The molecule has 0 saturated heterocycles. The number of aliphatic hydroxyl groups is 1. The van der Waals surface area contributed by atoms with Gasteiger partial charge in [0, 0.05) is 17.6 Å². The molecule has 3 aromatic rings. The number of aromatic amines is 1. The Bertz CT molecular complexity index is 916. The molecule has 0 bridgehead atoms. The lowest BCUT2D eigenvalue weighted by Gasteiger charge is -2.38. The molecule has 0 spiro atoms. The van der Waals surface area contributed by atoms with Gasteiger partial charge in [-0.25, -0.2) is 4.98 Å². The number of pyridine rings is 1. The molecule has 1 fully saturated rings. The van der Waals surface area contributed by atoms with Crippen LogP contribution in [0.5, 0.6) is 5.88 Å². The molecule has 1 saturated carbocycles. The second-order valence-corrected chi connectivity index (χ2v) is 6.59. The number of carbonyl (C=O) groups excluding carboxylic acids is 1. The Morgan fingerprint density at radius 3 is 2.81 bits per heavy atom. The fourth-order valence-corrected chi connectivity index (χ4v) is 3.42. The van der Waals surface area contributed by atoms with E-state index < -0.39 is 0 Å². The molecule has 0 aliphatic heterocycles. The summed E-state index contributed by atoms with van der Waals surface area (Å²) >= 11 is 0. The van der Waals surface area contributed by atoms with Crippen LogP contribution in [0.2, 0.25) is 0 Å². The Kier molecular flexibility index (Phi) is 4.30. The van der Waals surface area contributed by atoms with Gasteiger partial charge in [-0.2, -0.15) is 5.10 Å². The Labute approximate surface area is 150 Å². The van der Waals surface area contributed by atoms with Crippen LogP contribution in [0.3, 0.4) is 0 Å². The summed E-state index contributed by atoms with van der Waals surface area (Å²) in [5, 5.41) is 20.6. The predicted molar refractivity (Wildman–Crippen MR) is 95.8 cm³/mol. The number of ether oxygens (including phenoxy) is 1. The maximum absolute atomic E-state index is 12.9. The number of nitrogens with one attached hydrogen (secondary N) is 2. The molecule has 1 atom stereocenters. The summed E-state index contributed by atoms with van der Waals surface area (Å²) in [6.45, 7) is 0. The second-order valence-electron chi connectivity index (χ2n) is 6.59. The molecule has 0 radical (unpaired) electrons. The highest BCUT2D eigenvalue weighted by Crippen LogP contribution is 2.38. The Morgan fingerprint density at radius 2 is 2.12 bits per heavy atom. The average molecular weight is 352 g/mol. The smallest absolute Gasteiger partial charge is 0.272 e. The van der Waals surface area contributed by atoms with Gasteiger partial charge in [0.05, 0.1) is 24.8 Å². The van der Waals surface area contributed by atoms with E-state index in [0.29, 0.717) is 24.4 Å². The number of benzene rings is 1. The third kappa shape index (κ3) is 3.01. The van der Waals surface area contributed by atoms with E-state index in [1.165, 1.54) is 0 Å². The Balaban J connectivity index is 1.60. The largest absolute Gasteiger partial charge is 0.481 e. The molecule has 7 nitrogen and oxygen atoms in total. The number of para-hydroxylation sites is 1.